The Kier molecular flexibility index (Phi) is 4.93. The fourth-order valence-electron chi connectivity index (χ4n) is 3.96. The van der Waals surface area contributed by atoms with Crippen LogP contribution in [0.4, 0.5) is 0 Å². The number of aromatic nitrogens is 2. The van der Waals surface area contributed by atoms with E-state index in [1.807, 2.05) is 12.5 Å². The highest BCUT2D eigenvalue weighted by Gasteiger charge is 2.33. The van der Waals surface area contributed by atoms with E-state index in [0.717, 1.165) is 25.7 Å². The Morgan fingerprint density at radius 2 is 2.10 bits per heavy atom. The van der Waals surface area contributed by atoms with Gasteiger partial charge in [-0.3, -0.25) is 9.80 Å². The molecule has 2 aliphatic heterocycles. The van der Waals surface area contributed by atoms with E-state index in [1.54, 1.807) is 0 Å². The highest BCUT2D eigenvalue weighted by atomic mass is 15.3. The summed E-state index contributed by atoms with van der Waals surface area (Å²) in [5, 5.41) is 0. The summed E-state index contributed by atoms with van der Waals surface area (Å²) in [6.07, 6.45) is 9.37. The molecule has 0 aliphatic carbocycles. The molecule has 21 heavy (non-hydrogen) atoms. The Hall–Kier alpha value is -0.910. The molecule has 1 aromatic rings. The third-order valence-electron chi connectivity index (χ3n) is 5.19. The summed E-state index contributed by atoms with van der Waals surface area (Å²) in [7, 11) is 0. The quantitative estimate of drug-likeness (QED) is 0.892. The number of likely N-dealkylation sites (tertiary alicyclic amines) is 2. The van der Waals surface area contributed by atoms with Crippen molar-refractivity contribution in [2.45, 2.75) is 51.2 Å². The monoisotopic (exact) mass is 291 g/mol. The van der Waals surface area contributed by atoms with E-state index in [0.29, 0.717) is 12.6 Å². The normalized spacial score (nSPS) is 26.3. The van der Waals surface area contributed by atoms with Crippen LogP contribution in [0, 0.1) is 0 Å². The van der Waals surface area contributed by atoms with Crippen molar-refractivity contribution in [3.63, 3.8) is 0 Å². The van der Waals surface area contributed by atoms with Crippen molar-refractivity contribution in [1.82, 2.24) is 19.4 Å². The van der Waals surface area contributed by atoms with Crippen molar-refractivity contribution in [3.8, 4) is 0 Å². The molecule has 3 heterocycles. The molecule has 0 amide bonds. The maximum Gasteiger partial charge on any atom is 0.0948 e. The molecule has 2 saturated heterocycles. The second-order valence-electron chi connectivity index (χ2n) is 6.39. The molecule has 2 unspecified atom stereocenters. The van der Waals surface area contributed by atoms with Crippen LogP contribution in [0.15, 0.2) is 12.5 Å². The first-order valence-electron chi connectivity index (χ1n) is 8.51. The van der Waals surface area contributed by atoms with Gasteiger partial charge in [0, 0.05) is 38.4 Å². The number of imidazole rings is 1. The summed E-state index contributed by atoms with van der Waals surface area (Å²) >= 11 is 0. The average molecular weight is 291 g/mol. The molecule has 5 heteroatoms. The van der Waals surface area contributed by atoms with Gasteiger partial charge in [-0.1, -0.05) is 6.42 Å². The lowest BCUT2D eigenvalue weighted by Crippen LogP contribution is -2.42. The molecule has 0 radical (unpaired) electrons. The molecule has 3 rings (SSSR count). The number of rotatable bonds is 5. The Morgan fingerprint density at radius 1 is 1.29 bits per heavy atom. The Morgan fingerprint density at radius 3 is 2.81 bits per heavy atom. The van der Waals surface area contributed by atoms with Gasteiger partial charge >= 0.3 is 0 Å². The minimum absolute atomic E-state index is 0.322. The highest BCUT2D eigenvalue weighted by Crippen LogP contribution is 2.27. The van der Waals surface area contributed by atoms with Crippen LogP contribution in [-0.4, -0.2) is 58.1 Å². The summed E-state index contributed by atoms with van der Waals surface area (Å²) in [5.74, 6) is 0. The number of aryl methyl sites for hydroxylation is 1. The van der Waals surface area contributed by atoms with Crippen LogP contribution in [0.3, 0.4) is 0 Å². The molecule has 118 valence electrons. The minimum Gasteiger partial charge on any atom is -0.333 e. The van der Waals surface area contributed by atoms with Crippen molar-refractivity contribution in [2.24, 2.45) is 5.73 Å². The predicted octanol–water partition coefficient (Wildman–Crippen LogP) is 1.46. The zero-order valence-corrected chi connectivity index (χ0v) is 13.2. The van der Waals surface area contributed by atoms with Gasteiger partial charge in [0.25, 0.3) is 0 Å². The van der Waals surface area contributed by atoms with E-state index in [4.69, 9.17) is 5.73 Å². The topological polar surface area (TPSA) is 50.3 Å². The van der Waals surface area contributed by atoms with Crippen LogP contribution < -0.4 is 5.73 Å². The van der Waals surface area contributed by atoms with Gasteiger partial charge in [0.15, 0.2) is 0 Å². The number of piperidine rings is 1. The first-order valence-corrected chi connectivity index (χ1v) is 8.51. The summed E-state index contributed by atoms with van der Waals surface area (Å²) < 4.78 is 2.23. The van der Waals surface area contributed by atoms with E-state index < -0.39 is 0 Å². The summed E-state index contributed by atoms with van der Waals surface area (Å²) in [4.78, 5) is 9.59. The molecular formula is C16H29N5. The van der Waals surface area contributed by atoms with Crippen LogP contribution in [0.1, 0.15) is 44.3 Å². The van der Waals surface area contributed by atoms with Crippen LogP contribution in [0.5, 0.6) is 0 Å². The lowest BCUT2D eigenvalue weighted by atomic mass is 10.1. The zero-order valence-electron chi connectivity index (χ0n) is 13.2. The maximum absolute atomic E-state index is 6.09. The van der Waals surface area contributed by atoms with Gasteiger partial charge in [0.2, 0.25) is 0 Å². The SMILES string of the molecule is CCn1cncc1C(CN)N1CCC(N2CCCCC2)C1. The molecule has 2 fully saturated rings. The van der Waals surface area contributed by atoms with Crippen molar-refractivity contribution >= 4 is 0 Å². The van der Waals surface area contributed by atoms with Gasteiger partial charge in [-0.15, -0.1) is 0 Å². The lowest BCUT2D eigenvalue weighted by Gasteiger charge is -2.33. The molecular weight excluding hydrogens is 262 g/mol. The summed E-state index contributed by atoms with van der Waals surface area (Å²) in [6, 6.07) is 1.06. The lowest BCUT2D eigenvalue weighted by molar-refractivity contribution is 0.151. The standard InChI is InChI=1S/C16H29N5/c1-2-19-13-18-11-16(19)15(10-17)21-9-6-14(12-21)20-7-4-3-5-8-20/h11,13-15H,2-10,12,17H2,1H3. The van der Waals surface area contributed by atoms with E-state index in [9.17, 15) is 0 Å². The molecule has 0 spiro atoms. The molecule has 2 N–H and O–H groups in total. The largest absolute Gasteiger partial charge is 0.333 e. The van der Waals surface area contributed by atoms with Gasteiger partial charge in [0.05, 0.1) is 18.1 Å². The molecule has 1 aromatic heterocycles. The van der Waals surface area contributed by atoms with Crippen LogP contribution in [0.2, 0.25) is 0 Å². The first kappa shape index (κ1) is 15.0. The fraction of sp³-hybridized carbons (Fsp3) is 0.812. The third kappa shape index (κ3) is 3.15. The summed E-state index contributed by atoms with van der Waals surface area (Å²) in [6.45, 7) is 8.72. The van der Waals surface area contributed by atoms with Gasteiger partial charge < -0.3 is 10.3 Å². The predicted molar refractivity (Wildman–Crippen MR) is 85.1 cm³/mol. The number of hydrogen-bond donors (Lipinski definition) is 1. The van der Waals surface area contributed by atoms with Crippen LogP contribution in [-0.2, 0) is 6.54 Å². The Balaban J connectivity index is 1.66. The molecule has 0 aromatic carbocycles. The fourth-order valence-corrected chi connectivity index (χ4v) is 3.96. The molecule has 5 nitrogen and oxygen atoms in total. The van der Waals surface area contributed by atoms with Crippen molar-refractivity contribution in [2.75, 3.05) is 32.7 Å². The van der Waals surface area contributed by atoms with E-state index in [-0.39, 0.29) is 0 Å². The zero-order chi connectivity index (χ0) is 14.7. The average Bonchev–Trinajstić information content (AvgIpc) is 3.19. The first-order chi connectivity index (χ1) is 10.3. The second kappa shape index (κ2) is 6.90. The van der Waals surface area contributed by atoms with Gasteiger partial charge in [-0.25, -0.2) is 4.98 Å². The van der Waals surface area contributed by atoms with Crippen molar-refractivity contribution in [1.29, 1.82) is 0 Å². The van der Waals surface area contributed by atoms with E-state index >= 15 is 0 Å². The van der Waals surface area contributed by atoms with Gasteiger partial charge in [-0.05, 0) is 39.3 Å². The van der Waals surface area contributed by atoms with Crippen molar-refractivity contribution in [3.05, 3.63) is 18.2 Å². The maximum atomic E-state index is 6.09. The van der Waals surface area contributed by atoms with E-state index in [1.165, 1.54) is 44.5 Å². The molecule has 0 saturated carbocycles. The van der Waals surface area contributed by atoms with Gasteiger partial charge in [-0.2, -0.15) is 0 Å². The van der Waals surface area contributed by atoms with Crippen LogP contribution in [0.25, 0.3) is 0 Å². The number of hydrogen-bond acceptors (Lipinski definition) is 4. The molecule has 0 bridgehead atoms. The number of nitrogens with two attached hydrogens (primary N) is 1. The third-order valence-corrected chi connectivity index (χ3v) is 5.19. The van der Waals surface area contributed by atoms with E-state index in [2.05, 4.69) is 26.3 Å². The van der Waals surface area contributed by atoms with Crippen LogP contribution >= 0.6 is 0 Å². The highest BCUT2D eigenvalue weighted by molar-refractivity contribution is 5.08. The molecule has 2 aliphatic rings. The Labute approximate surface area is 128 Å². The second-order valence-corrected chi connectivity index (χ2v) is 6.39. The Bertz CT molecular complexity index is 438. The van der Waals surface area contributed by atoms with Gasteiger partial charge in [0.1, 0.15) is 0 Å². The van der Waals surface area contributed by atoms with Crippen molar-refractivity contribution < 1.29 is 0 Å². The molecule has 2 atom stereocenters. The minimum atomic E-state index is 0.322. The summed E-state index contributed by atoms with van der Waals surface area (Å²) in [5.41, 5.74) is 7.37. The number of nitrogens with zero attached hydrogens (tertiary/aromatic N) is 4. The smallest absolute Gasteiger partial charge is 0.0948 e.